The maximum absolute atomic E-state index is 12.8. The Labute approximate surface area is 174 Å². The molecule has 0 spiro atoms. The Hall–Kier alpha value is -1.86. The van der Waals surface area contributed by atoms with E-state index in [0.717, 1.165) is 17.7 Å². The van der Waals surface area contributed by atoms with Crippen molar-refractivity contribution in [2.75, 3.05) is 6.54 Å². The molecule has 1 aromatic heterocycles. The third-order valence-electron chi connectivity index (χ3n) is 6.14. The van der Waals surface area contributed by atoms with Crippen LogP contribution < -0.4 is 10.3 Å². The van der Waals surface area contributed by atoms with E-state index in [1.54, 1.807) is 28.9 Å². The number of nitrogens with one attached hydrogen (secondary N) is 1. The lowest BCUT2D eigenvalue weighted by atomic mass is 9.87. The number of nitrogens with zero attached hydrogens (tertiary/aromatic N) is 2. The maximum Gasteiger partial charge on any atom is 0.275 e. The van der Waals surface area contributed by atoms with Crippen LogP contribution in [0.4, 0.5) is 0 Å². The van der Waals surface area contributed by atoms with Crippen LogP contribution in [0.5, 0.6) is 0 Å². The van der Waals surface area contributed by atoms with Crippen LogP contribution in [0.15, 0.2) is 34.0 Å². The topological polar surface area (TPSA) is 73.1 Å². The van der Waals surface area contributed by atoms with Crippen LogP contribution in [0.25, 0.3) is 5.69 Å². The molecule has 1 aliphatic carbocycles. The molecule has 1 heterocycles. The highest BCUT2D eigenvalue weighted by molar-refractivity contribution is 7.89. The number of sulfonamides is 1. The molecule has 0 radical (unpaired) electrons. The highest BCUT2D eigenvalue weighted by Gasteiger charge is 2.20. The fraction of sp³-hybridized carbons (Fsp3) is 0.591. The van der Waals surface area contributed by atoms with Crippen LogP contribution in [-0.4, -0.2) is 24.3 Å². The van der Waals surface area contributed by atoms with Gasteiger partial charge in [-0.25, -0.2) is 17.8 Å². The summed E-state index contributed by atoms with van der Waals surface area (Å²) in [5, 5.41) is 0. The van der Waals surface area contributed by atoms with Crippen molar-refractivity contribution in [2.45, 2.75) is 70.1 Å². The van der Waals surface area contributed by atoms with Gasteiger partial charge in [0, 0.05) is 24.8 Å². The first-order valence-corrected chi connectivity index (χ1v) is 12.1. The van der Waals surface area contributed by atoms with Crippen molar-refractivity contribution in [3.05, 3.63) is 45.9 Å². The molecule has 0 aliphatic heterocycles. The minimum atomic E-state index is -3.54. The molecule has 29 heavy (non-hydrogen) atoms. The predicted molar refractivity (Wildman–Crippen MR) is 116 cm³/mol. The van der Waals surface area contributed by atoms with Crippen LogP contribution in [0.1, 0.15) is 69.5 Å². The van der Waals surface area contributed by atoms with Gasteiger partial charge >= 0.3 is 0 Å². The summed E-state index contributed by atoms with van der Waals surface area (Å²) < 4.78 is 31.4. The van der Waals surface area contributed by atoms with E-state index < -0.39 is 10.0 Å². The van der Waals surface area contributed by atoms with Gasteiger partial charge in [0.25, 0.3) is 5.56 Å². The summed E-state index contributed by atoms with van der Waals surface area (Å²) in [6, 6.07) is 6.53. The average Bonchev–Trinajstić information content (AvgIpc) is 2.91. The van der Waals surface area contributed by atoms with E-state index in [1.807, 2.05) is 32.5 Å². The van der Waals surface area contributed by atoms with Gasteiger partial charge in [-0.15, -0.1) is 0 Å². The molecule has 3 rings (SSSR count). The zero-order valence-electron chi connectivity index (χ0n) is 17.9. The van der Waals surface area contributed by atoms with Crippen molar-refractivity contribution in [1.82, 2.24) is 14.1 Å². The zero-order chi connectivity index (χ0) is 21.2. The van der Waals surface area contributed by atoms with Gasteiger partial charge in [0.2, 0.25) is 10.0 Å². The number of rotatable bonds is 7. The summed E-state index contributed by atoms with van der Waals surface area (Å²) in [6.07, 6.45) is 7.13. The summed E-state index contributed by atoms with van der Waals surface area (Å²) in [4.78, 5) is 13.1. The molecule has 0 amide bonds. The predicted octanol–water partition coefficient (Wildman–Crippen LogP) is 3.86. The molecule has 0 saturated heterocycles. The molecule has 0 unspecified atom stereocenters. The molecule has 6 nitrogen and oxygen atoms in total. The second kappa shape index (κ2) is 8.88. The van der Waals surface area contributed by atoms with E-state index in [2.05, 4.69) is 4.72 Å². The lowest BCUT2D eigenvalue weighted by Crippen LogP contribution is -2.27. The Morgan fingerprint density at radius 1 is 1.10 bits per heavy atom. The Morgan fingerprint density at radius 3 is 2.28 bits per heavy atom. The Kier molecular flexibility index (Phi) is 6.69. The van der Waals surface area contributed by atoms with Gasteiger partial charge in [-0.05, 0) is 49.4 Å². The maximum atomic E-state index is 12.8. The van der Waals surface area contributed by atoms with E-state index in [9.17, 15) is 13.2 Å². The van der Waals surface area contributed by atoms with Gasteiger partial charge in [-0.3, -0.25) is 9.48 Å². The minimum absolute atomic E-state index is 0.0544. The number of hydrogen-bond acceptors (Lipinski definition) is 3. The Morgan fingerprint density at radius 2 is 1.72 bits per heavy atom. The first-order valence-electron chi connectivity index (χ1n) is 10.6. The largest absolute Gasteiger partial charge is 0.285 e. The second-order valence-electron chi connectivity index (χ2n) is 8.48. The molecule has 1 aromatic carbocycles. The first kappa shape index (κ1) is 21.8. The molecule has 0 atom stereocenters. The van der Waals surface area contributed by atoms with E-state index in [1.165, 1.54) is 32.1 Å². The highest BCUT2D eigenvalue weighted by atomic mass is 32.2. The SMILES string of the molecule is Cc1c(C(C)C)c(=O)n(-c2ccc(S(=O)(=O)NCCC3CCCCC3)cc2)n1C. The van der Waals surface area contributed by atoms with Gasteiger partial charge in [-0.1, -0.05) is 46.0 Å². The second-order valence-corrected chi connectivity index (χ2v) is 10.2. The third-order valence-corrected chi connectivity index (χ3v) is 7.61. The van der Waals surface area contributed by atoms with E-state index in [0.29, 0.717) is 18.2 Å². The zero-order valence-corrected chi connectivity index (χ0v) is 18.8. The van der Waals surface area contributed by atoms with E-state index in [-0.39, 0.29) is 16.4 Å². The van der Waals surface area contributed by atoms with Crippen molar-refractivity contribution in [3.63, 3.8) is 0 Å². The molecule has 0 bridgehead atoms. The molecule has 7 heteroatoms. The van der Waals surface area contributed by atoms with Gasteiger partial charge in [0.1, 0.15) is 0 Å². The normalized spacial score (nSPS) is 15.9. The quantitative estimate of drug-likeness (QED) is 0.741. The number of benzene rings is 1. The van der Waals surface area contributed by atoms with Gasteiger partial charge in [0.05, 0.1) is 10.6 Å². The molecule has 160 valence electrons. The molecule has 1 aliphatic rings. The summed E-state index contributed by atoms with van der Waals surface area (Å²) in [5.41, 5.74) is 2.31. The van der Waals surface area contributed by atoms with Crippen LogP contribution in [-0.2, 0) is 17.1 Å². The molecule has 1 fully saturated rings. The fourth-order valence-corrected chi connectivity index (χ4v) is 5.46. The number of hydrogen-bond donors (Lipinski definition) is 1. The summed E-state index contributed by atoms with van der Waals surface area (Å²) in [7, 11) is -1.69. The summed E-state index contributed by atoms with van der Waals surface area (Å²) in [6.45, 7) is 6.41. The fourth-order valence-electron chi connectivity index (χ4n) is 4.41. The molecular formula is C22H33N3O3S. The lowest BCUT2D eigenvalue weighted by molar-refractivity contribution is 0.339. The van der Waals surface area contributed by atoms with Crippen molar-refractivity contribution < 1.29 is 8.42 Å². The van der Waals surface area contributed by atoms with Gasteiger partial charge in [-0.2, -0.15) is 0 Å². The average molecular weight is 420 g/mol. The van der Waals surface area contributed by atoms with Crippen molar-refractivity contribution >= 4 is 10.0 Å². The van der Waals surface area contributed by atoms with Crippen molar-refractivity contribution in [1.29, 1.82) is 0 Å². The molecule has 1 N–H and O–H groups in total. The Balaban J connectivity index is 1.74. The van der Waals surface area contributed by atoms with Crippen LogP contribution in [0.3, 0.4) is 0 Å². The lowest BCUT2D eigenvalue weighted by Gasteiger charge is -2.21. The van der Waals surface area contributed by atoms with Crippen LogP contribution in [0.2, 0.25) is 0 Å². The van der Waals surface area contributed by atoms with Crippen molar-refractivity contribution in [3.8, 4) is 5.69 Å². The Bertz CT molecular complexity index is 995. The molecular weight excluding hydrogens is 386 g/mol. The van der Waals surface area contributed by atoms with Crippen LogP contribution >= 0.6 is 0 Å². The molecule has 2 aromatic rings. The van der Waals surface area contributed by atoms with E-state index >= 15 is 0 Å². The highest BCUT2D eigenvalue weighted by Crippen LogP contribution is 2.26. The first-order chi connectivity index (χ1) is 13.7. The monoisotopic (exact) mass is 419 g/mol. The number of aromatic nitrogens is 2. The van der Waals surface area contributed by atoms with E-state index in [4.69, 9.17) is 0 Å². The molecule has 1 saturated carbocycles. The smallest absolute Gasteiger partial charge is 0.275 e. The third kappa shape index (κ3) is 4.67. The minimum Gasteiger partial charge on any atom is -0.285 e. The van der Waals surface area contributed by atoms with Gasteiger partial charge < -0.3 is 0 Å². The van der Waals surface area contributed by atoms with Gasteiger partial charge in [0.15, 0.2) is 0 Å². The van der Waals surface area contributed by atoms with Crippen LogP contribution in [0, 0.1) is 12.8 Å². The summed E-state index contributed by atoms with van der Waals surface area (Å²) >= 11 is 0. The summed E-state index contributed by atoms with van der Waals surface area (Å²) in [5.74, 6) is 0.763. The standard InChI is InChI=1S/C22H33N3O3S/c1-16(2)21-17(3)24(4)25(22(21)26)19-10-12-20(13-11-19)29(27,28)23-15-14-18-8-6-5-7-9-18/h10-13,16,18,23H,5-9,14-15H2,1-4H3. The van der Waals surface area contributed by atoms with Crippen molar-refractivity contribution in [2.24, 2.45) is 13.0 Å².